The van der Waals surface area contributed by atoms with Crippen LogP contribution in [0.4, 0.5) is 11.4 Å². The van der Waals surface area contributed by atoms with Gasteiger partial charge in [0.1, 0.15) is 29.1 Å². The lowest BCUT2D eigenvalue weighted by Crippen LogP contribution is -2.44. The maximum atomic E-state index is 13.5. The number of ketones is 1. The van der Waals surface area contributed by atoms with E-state index in [2.05, 4.69) is 16.8 Å². The van der Waals surface area contributed by atoms with E-state index in [1.165, 1.54) is 11.2 Å². The predicted molar refractivity (Wildman–Crippen MR) is 148 cm³/mol. The van der Waals surface area contributed by atoms with Gasteiger partial charge in [-0.1, -0.05) is 0 Å². The number of ether oxygens (including phenoxy) is 2. The van der Waals surface area contributed by atoms with Crippen LogP contribution in [0.2, 0.25) is 0 Å². The van der Waals surface area contributed by atoms with Crippen molar-refractivity contribution < 1.29 is 28.6 Å². The van der Waals surface area contributed by atoms with Crippen molar-refractivity contribution in [1.29, 1.82) is 0 Å². The first-order chi connectivity index (χ1) is 18.9. The summed E-state index contributed by atoms with van der Waals surface area (Å²) in [6, 6.07) is 15.0. The number of nitrogens with zero attached hydrogens (tertiary/aromatic N) is 3. The van der Waals surface area contributed by atoms with Gasteiger partial charge in [0.15, 0.2) is 0 Å². The van der Waals surface area contributed by atoms with Crippen LogP contribution < -0.4 is 19.3 Å². The van der Waals surface area contributed by atoms with E-state index in [9.17, 15) is 14.7 Å². The van der Waals surface area contributed by atoms with Crippen molar-refractivity contribution in [2.45, 2.75) is 19.9 Å². The van der Waals surface area contributed by atoms with Crippen LogP contribution in [-0.4, -0.2) is 68.1 Å². The van der Waals surface area contributed by atoms with Crippen LogP contribution >= 0.6 is 0 Å². The smallest absolute Gasteiger partial charge is 0.300 e. The largest absolute Gasteiger partial charge is 0.507 e. The van der Waals surface area contributed by atoms with Crippen LogP contribution in [-0.2, 0) is 9.59 Å². The summed E-state index contributed by atoms with van der Waals surface area (Å²) in [4.78, 5) is 32.9. The summed E-state index contributed by atoms with van der Waals surface area (Å²) < 4.78 is 17.0. The van der Waals surface area contributed by atoms with Gasteiger partial charge >= 0.3 is 0 Å². The molecule has 2 fully saturated rings. The van der Waals surface area contributed by atoms with Gasteiger partial charge in [-0.15, -0.1) is 0 Å². The predicted octanol–water partition coefficient (Wildman–Crippen LogP) is 4.46. The number of amides is 1. The Balaban J connectivity index is 1.56. The standard InChI is InChI=1S/C30H33N3O6/c1-4-37-22-12-13-23(25(19-22)38-5-2)28(34)26-27(24-7-6-18-39-24)33(30(36)29(26)35)21-10-8-20(9-11-21)32-16-14-31(3)15-17-32/h6-13,18-19,27,34H,4-5,14-17H2,1-3H3/b28-26-. The molecule has 1 amide bonds. The molecule has 3 aromatic rings. The quantitative estimate of drug-likeness (QED) is 0.259. The first-order valence-corrected chi connectivity index (χ1v) is 13.2. The van der Waals surface area contributed by atoms with Gasteiger partial charge in [-0.25, -0.2) is 0 Å². The maximum absolute atomic E-state index is 13.5. The molecule has 2 aliphatic heterocycles. The van der Waals surface area contributed by atoms with E-state index >= 15 is 0 Å². The summed E-state index contributed by atoms with van der Waals surface area (Å²) in [6.07, 6.45) is 1.48. The molecule has 1 unspecified atom stereocenters. The van der Waals surface area contributed by atoms with Crippen LogP contribution in [0.5, 0.6) is 11.5 Å². The molecule has 204 valence electrons. The van der Waals surface area contributed by atoms with E-state index in [1.807, 2.05) is 38.1 Å². The summed E-state index contributed by atoms with van der Waals surface area (Å²) in [5.74, 6) is -0.592. The average molecular weight is 532 g/mol. The highest BCUT2D eigenvalue weighted by Crippen LogP contribution is 2.44. The number of likely N-dealkylation sites (N-methyl/N-ethyl adjacent to an activating group) is 1. The van der Waals surface area contributed by atoms with Crippen LogP contribution in [0.1, 0.15) is 31.2 Å². The number of furan rings is 1. The number of aliphatic hydroxyl groups is 1. The first-order valence-electron chi connectivity index (χ1n) is 13.2. The average Bonchev–Trinajstić information content (AvgIpc) is 3.56. The molecule has 9 nitrogen and oxygen atoms in total. The Hall–Kier alpha value is -4.24. The van der Waals surface area contributed by atoms with Gasteiger partial charge in [0.05, 0.1) is 30.6 Å². The minimum Gasteiger partial charge on any atom is -0.507 e. The second-order valence-corrected chi connectivity index (χ2v) is 9.52. The molecule has 0 spiro atoms. The van der Waals surface area contributed by atoms with Gasteiger partial charge in [0, 0.05) is 43.6 Å². The molecule has 9 heteroatoms. The highest BCUT2D eigenvalue weighted by Gasteiger charge is 2.48. The Bertz CT molecular complexity index is 1360. The molecule has 5 rings (SSSR count). The van der Waals surface area contributed by atoms with Gasteiger partial charge < -0.3 is 28.8 Å². The van der Waals surface area contributed by atoms with Crippen molar-refractivity contribution in [3.63, 3.8) is 0 Å². The van der Waals surface area contributed by atoms with Gasteiger partial charge in [-0.05, 0) is 69.4 Å². The lowest BCUT2D eigenvalue weighted by atomic mass is 9.98. The summed E-state index contributed by atoms with van der Waals surface area (Å²) in [5.41, 5.74) is 1.81. The second kappa shape index (κ2) is 11.2. The third kappa shape index (κ3) is 5.09. The van der Waals surface area contributed by atoms with Gasteiger partial charge in [0.2, 0.25) is 0 Å². The fraction of sp³-hybridized carbons (Fsp3) is 0.333. The van der Waals surface area contributed by atoms with E-state index in [0.29, 0.717) is 41.7 Å². The van der Waals surface area contributed by atoms with Crippen molar-refractivity contribution in [2.75, 3.05) is 56.2 Å². The molecule has 0 aliphatic carbocycles. The third-order valence-corrected chi connectivity index (χ3v) is 7.07. The van der Waals surface area contributed by atoms with Gasteiger partial charge in [0.25, 0.3) is 11.7 Å². The number of hydrogen-bond acceptors (Lipinski definition) is 8. The SMILES string of the molecule is CCOc1ccc(/C(O)=C2/C(=O)C(=O)N(c3ccc(N4CCN(C)CC4)cc3)C2c2ccco2)c(OCC)c1. The van der Waals surface area contributed by atoms with E-state index in [0.717, 1.165) is 31.9 Å². The number of carbonyl (C=O) groups is 2. The number of aliphatic hydroxyl groups excluding tert-OH is 1. The number of Topliss-reactive ketones (excluding diaryl/α,β-unsaturated/α-hetero) is 1. The normalized spacial score (nSPS) is 19.5. The highest BCUT2D eigenvalue weighted by molar-refractivity contribution is 6.51. The van der Waals surface area contributed by atoms with Crippen LogP contribution in [0.15, 0.2) is 70.9 Å². The van der Waals surface area contributed by atoms with E-state index in [-0.39, 0.29) is 11.3 Å². The fourth-order valence-electron chi connectivity index (χ4n) is 5.08. The van der Waals surface area contributed by atoms with Crippen molar-refractivity contribution in [2.24, 2.45) is 0 Å². The Kier molecular flexibility index (Phi) is 7.60. The lowest BCUT2D eigenvalue weighted by molar-refractivity contribution is -0.132. The van der Waals surface area contributed by atoms with Crippen LogP contribution in [0.3, 0.4) is 0 Å². The highest BCUT2D eigenvalue weighted by atomic mass is 16.5. The van der Waals surface area contributed by atoms with Crippen molar-refractivity contribution in [3.8, 4) is 11.5 Å². The second-order valence-electron chi connectivity index (χ2n) is 9.52. The zero-order chi connectivity index (χ0) is 27.5. The molecule has 3 heterocycles. The summed E-state index contributed by atoms with van der Waals surface area (Å²) in [7, 11) is 2.11. The van der Waals surface area contributed by atoms with Gasteiger partial charge in [-0.3, -0.25) is 14.5 Å². The Labute approximate surface area is 227 Å². The lowest BCUT2D eigenvalue weighted by Gasteiger charge is -2.34. The first kappa shape index (κ1) is 26.4. The maximum Gasteiger partial charge on any atom is 0.300 e. The molecule has 1 atom stereocenters. The van der Waals surface area contributed by atoms with E-state index < -0.39 is 17.7 Å². The Morgan fingerprint density at radius 3 is 2.28 bits per heavy atom. The molecule has 2 aromatic carbocycles. The number of carbonyl (C=O) groups excluding carboxylic acids is 2. The molecular weight excluding hydrogens is 498 g/mol. The van der Waals surface area contributed by atoms with Crippen LogP contribution in [0.25, 0.3) is 5.76 Å². The number of piperazine rings is 1. The third-order valence-electron chi connectivity index (χ3n) is 7.07. The topological polar surface area (TPSA) is 95.7 Å². The monoisotopic (exact) mass is 531 g/mol. The summed E-state index contributed by atoms with van der Waals surface area (Å²) in [5, 5.41) is 11.5. The Morgan fingerprint density at radius 1 is 0.949 bits per heavy atom. The summed E-state index contributed by atoms with van der Waals surface area (Å²) >= 11 is 0. The molecule has 2 saturated heterocycles. The van der Waals surface area contributed by atoms with Crippen molar-refractivity contribution >= 4 is 28.8 Å². The number of anilines is 2. The number of rotatable bonds is 8. The number of hydrogen-bond donors (Lipinski definition) is 1. The minimum atomic E-state index is -0.949. The molecule has 0 saturated carbocycles. The summed E-state index contributed by atoms with van der Waals surface area (Å²) in [6.45, 7) is 8.28. The van der Waals surface area contributed by atoms with Gasteiger partial charge in [-0.2, -0.15) is 0 Å². The molecule has 0 bridgehead atoms. The molecular formula is C30H33N3O6. The Morgan fingerprint density at radius 2 is 1.64 bits per heavy atom. The molecule has 1 N–H and O–H groups in total. The molecule has 39 heavy (non-hydrogen) atoms. The molecule has 1 aromatic heterocycles. The molecule has 2 aliphatic rings. The zero-order valence-electron chi connectivity index (χ0n) is 22.4. The van der Waals surface area contributed by atoms with Crippen molar-refractivity contribution in [1.82, 2.24) is 4.90 Å². The molecule has 0 radical (unpaired) electrons. The fourth-order valence-corrected chi connectivity index (χ4v) is 5.08. The zero-order valence-corrected chi connectivity index (χ0v) is 22.4. The van der Waals surface area contributed by atoms with Crippen molar-refractivity contribution in [3.05, 3.63) is 77.8 Å². The van der Waals surface area contributed by atoms with E-state index in [4.69, 9.17) is 13.9 Å². The van der Waals surface area contributed by atoms with Crippen LogP contribution in [0, 0.1) is 0 Å². The van der Waals surface area contributed by atoms with E-state index in [1.54, 1.807) is 30.3 Å². The minimum absolute atomic E-state index is 0.0665. The number of benzene rings is 2.